The molecule has 3 aromatic carbocycles. The van der Waals surface area contributed by atoms with Gasteiger partial charge in [0, 0.05) is 33.4 Å². The first-order chi connectivity index (χ1) is 16.8. The second-order valence-electron chi connectivity index (χ2n) is 8.96. The summed E-state index contributed by atoms with van der Waals surface area (Å²) in [6, 6.07) is 19.6. The van der Waals surface area contributed by atoms with Crippen LogP contribution in [0.25, 0.3) is 16.7 Å². The zero-order valence-corrected chi connectivity index (χ0v) is 20.0. The molecule has 1 atom stereocenters. The average Bonchev–Trinajstić information content (AvgIpc) is 3.30. The predicted molar refractivity (Wildman–Crippen MR) is 137 cm³/mol. The number of aromatic nitrogens is 1. The van der Waals surface area contributed by atoms with E-state index in [0.717, 1.165) is 33.3 Å². The van der Waals surface area contributed by atoms with E-state index in [1.807, 2.05) is 63.2 Å². The number of benzene rings is 3. The minimum atomic E-state index is -0.807. The van der Waals surface area contributed by atoms with Crippen molar-refractivity contribution in [3.05, 3.63) is 100 Å². The number of aliphatic hydroxyl groups excluding tert-OH is 1. The van der Waals surface area contributed by atoms with E-state index in [0.29, 0.717) is 17.0 Å². The van der Waals surface area contributed by atoms with Crippen LogP contribution in [-0.2, 0) is 9.59 Å². The molecule has 6 heteroatoms. The van der Waals surface area contributed by atoms with Gasteiger partial charge in [0.05, 0.1) is 18.7 Å². The molecule has 0 bridgehead atoms. The molecule has 0 radical (unpaired) electrons. The molecule has 1 aliphatic heterocycles. The molecule has 5 rings (SSSR count). The van der Waals surface area contributed by atoms with E-state index < -0.39 is 17.7 Å². The third-order valence-electron chi connectivity index (χ3n) is 6.49. The van der Waals surface area contributed by atoms with Gasteiger partial charge in [0.1, 0.15) is 11.5 Å². The highest BCUT2D eigenvalue weighted by Gasteiger charge is 2.48. The molecule has 176 valence electrons. The molecule has 6 nitrogen and oxygen atoms in total. The molecule has 0 saturated carbocycles. The maximum absolute atomic E-state index is 13.5. The fourth-order valence-electron chi connectivity index (χ4n) is 5.04. The summed E-state index contributed by atoms with van der Waals surface area (Å²) in [5.41, 5.74) is 5.53. The van der Waals surface area contributed by atoms with Crippen molar-refractivity contribution in [3.63, 3.8) is 0 Å². The Morgan fingerprint density at radius 3 is 2.37 bits per heavy atom. The number of nitrogens with zero attached hydrogens (tertiary/aromatic N) is 1. The molecule has 2 heterocycles. The Morgan fingerprint density at radius 2 is 1.66 bits per heavy atom. The monoisotopic (exact) mass is 466 g/mol. The van der Waals surface area contributed by atoms with Crippen molar-refractivity contribution in [1.82, 2.24) is 4.98 Å². The number of carbonyl (C=O) groups is 2. The van der Waals surface area contributed by atoms with Crippen LogP contribution in [0.5, 0.6) is 5.75 Å². The Bertz CT molecular complexity index is 1510. The van der Waals surface area contributed by atoms with Gasteiger partial charge in [0.25, 0.3) is 11.7 Å². The Balaban J connectivity index is 1.83. The second-order valence-corrected chi connectivity index (χ2v) is 8.96. The van der Waals surface area contributed by atoms with Crippen molar-refractivity contribution in [2.24, 2.45) is 0 Å². The third-order valence-corrected chi connectivity index (χ3v) is 6.49. The van der Waals surface area contributed by atoms with Gasteiger partial charge in [-0.1, -0.05) is 36.4 Å². The molecule has 0 aliphatic carbocycles. The standard InChI is InChI=1S/C29H26N2O4/c1-16-12-17(2)14-20(13-16)31-26(24-18(3)30-23-11-6-5-10-22(23)24)25(28(33)29(31)34)27(32)19-8-7-9-21(15-19)35-4/h5-15,26,30,32H,1-4H3/b27-25+. The first kappa shape index (κ1) is 22.5. The van der Waals surface area contributed by atoms with Crippen LogP contribution in [0, 0.1) is 20.8 Å². The topological polar surface area (TPSA) is 82.6 Å². The van der Waals surface area contributed by atoms with Crippen molar-refractivity contribution in [2.75, 3.05) is 12.0 Å². The average molecular weight is 467 g/mol. The first-order valence-electron chi connectivity index (χ1n) is 11.4. The van der Waals surface area contributed by atoms with Crippen LogP contribution >= 0.6 is 0 Å². The van der Waals surface area contributed by atoms with Gasteiger partial charge in [-0.3, -0.25) is 14.5 Å². The van der Waals surface area contributed by atoms with E-state index >= 15 is 0 Å². The van der Waals surface area contributed by atoms with Gasteiger partial charge in [-0.25, -0.2) is 0 Å². The molecule has 2 N–H and O–H groups in total. The summed E-state index contributed by atoms with van der Waals surface area (Å²) < 4.78 is 5.31. The Morgan fingerprint density at radius 1 is 0.943 bits per heavy atom. The fourth-order valence-corrected chi connectivity index (χ4v) is 5.04. The van der Waals surface area contributed by atoms with E-state index in [9.17, 15) is 14.7 Å². The summed E-state index contributed by atoms with van der Waals surface area (Å²) in [4.78, 5) is 32.0. The van der Waals surface area contributed by atoms with Crippen LogP contribution < -0.4 is 9.64 Å². The number of carbonyl (C=O) groups excluding carboxylic acids is 2. The number of ketones is 1. The van der Waals surface area contributed by atoms with Crippen LogP contribution in [0.2, 0.25) is 0 Å². The molecule has 0 spiro atoms. The number of hydrogen-bond acceptors (Lipinski definition) is 4. The minimum absolute atomic E-state index is 0.0512. The lowest BCUT2D eigenvalue weighted by Gasteiger charge is -2.26. The number of Topliss-reactive ketones (excluding diaryl/α,β-unsaturated/α-hetero) is 1. The normalized spacial score (nSPS) is 17.4. The van der Waals surface area contributed by atoms with Gasteiger partial charge >= 0.3 is 0 Å². The lowest BCUT2D eigenvalue weighted by atomic mass is 9.93. The number of rotatable bonds is 4. The molecule has 1 amide bonds. The molecule has 1 fully saturated rings. The fraction of sp³-hybridized carbons (Fsp3) is 0.172. The lowest BCUT2D eigenvalue weighted by molar-refractivity contribution is -0.132. The number of aliphatic hydroxyl groups is 1. The maximum atomic E-state index is 13.5. The number of methoxy groups -OCH3 is 1. The molecule has 1 aromatic heterocycles. The summed E-state index contributed by atoms with van der Waals surface area (Å²) in [6.45, 7) is 5.83. The lowest BCUT2D eigenvalue weighted by Crippen LogP contribution is -2.29. The van der Waals surface area contributed by atoms with Crippen LogP contribution in [0.4, 0.5) is 5.69 Å². The number of para-hydroxylation sites is 1. The predicted octanol–water partition coefficient (Wildman–Crippen LogP) is 5.73. The number of ether oxygens (including phenoxy) is 1. The summed E-state index contributed by atoms with van der Waals surface area (Å²) in [5.74, 6) is -1.09. The van der Waals surface area contributed by atoms with E-state index in [1.165, 1.54) is 12.0 Å². The molecule has 4 aromatic rings. The van der Waals surface area contributed by atoms with Crippen molar-refractivity contribution in [2.45, 2.75) is 26.8 Å². The van der Waals surface area contributed by atoms with Crippen molar-refractivity contribution in [3.8, 4) is 5.75 Å². The highest BCUT2D eigenvalue weighted by atomic mass is 16.5. The van der Waals surface area contributed by atoms with E-state index in [4.69, 9.17) is 4.74 Å². The van der Waals surface area contributed by atoms with Gasteiger partial charge in [0.15, 0.2) is 0 Å². The van der Waals surface area contributed by atoms with Crippen molar-refractivity contribution in [1.29, 1.82) is 0 Å². The number of nitrogens with one attached hydrogen (secondary N) is 1. The molecular weight excluding hydrogens is 440 g/mol. The largest absolute Gasteiger partial charge is 0.507 e. The highest BCUT2D eigenvalue weighted by Crippen LogP contribution is 2.45. The van der Waals surface area contributed by atoms with Crippen LogP contribution in [0.3, 0.4) is 0 Å². The number of hydrogen-bond donors (Lipinski definition) is 2. The molecule has 1 saturated heterocycles. The number of aryl methyl sites for hydroxylation is 3. The Kier molecular flexibility index (Phi) is 5.44. The third kappa shape index (κ3) is 3.67. The number of anilines is 1. The zero-order chi connectivity index (χ0) is 24.9. The van der Waals surface area contributed by atoms with Crippen molar-refractivity contribution >= 4 is 34.0 Å². The smallest absolute Gasteiger partial charge is 0.300 e. The maximum Gasteiger partial charge on any atom is 0.300 e. The summed E-state index contributed by atoms with van der Waals surface area (Å²) in [7, 11) is 1.54. The number of amides is 1. The van der Waals surface area contributed by atoms with Crippen molar-refractivity contribution < 1.29 is 19.4 Å². The molecule has 1 aliphatic rings. The van der Waals surface area contributed by atoms with Gasteiger partial charge in [-0.15, -0.1) is 0 Å². The summed E-state index contributed by atoms with van der Waals surface area (Å²) in [5, 5.41) is 12.3. The van der Waals surface area contributed by atoms with Crippen LogP contribution in [0.1, 0.15) is 34.0 Å². The number of aromatic amines is 1. The minimum Gasteiger partial charge on any atom is -0.507 e. The second kappa shape index (κ2) is 8.47. The quantitative estimate of drug-likeness (QED) is 0.229. The molecule has 1 unspecified atom stereocenters. The highest BCUT2D eigenvalue weighted by molar-refractivity contribution is 6.52. The van der Waals surface area contributed by atoms with E-state index in [-0.39, 0.29) is 11.3 Å². The summed E-state index contributed by atoms with van der Waals surface area (Å²) >= 11 is 0. The van der Waals surface area contributed by atoms with E-state index in [1.54, 1.807) is 24.3 Å². The Hall–Kier alpha value is -4.32. The Labute approximate surface area is 203 Å². The molecule has 35 heavy (non-hydrogen) atoms. The van der Waals surface area contributed by atoms with Gasteiger partial charge in [0.2, 0.25) is 0 Å². The number of fused-ring (bicyclic) bond motifs is 1. The molecular formula is C29H26N2O4. The van der Waals surface area contributed by atoms with Gasteiger partial charge in [-0.05, 0) is 62.2 Å². The summed E-state index contributed by atoms with van der Waals surface area (Å²) in [6.07, 6.45) is 0. The number of H-pyrrole nitrogens is 1. The van der Waals surface area contributed by atoms with Crippen LogP contribution in [-0.4, -0.2) is 28.9 Å². The zero-order valence-electron chi connectivity index (χ0n) is 20.0. The van der Waals surface area contributed by atoms with Crippen LogP contribution in [0.15, 0.2) is 72.3 Å². The van der Waals surface area contributed by atoms with E-state index in [2.05, 4.69) is 4.98 Å². The SMILES string of the molecule is COc1cccc(/C(O)=C2\C(=O)C(=O)N(c3cc(C)cc(C)c3)C2c2c(C)[nH]c3ccccc23)c1. The first-order valence-corrected chi connectivity index (χ1v) is 11.4. The van der Waals surface area contributed by atoms with Gasteiger partial charge < -0.3 is 14.8 Å². The van der Waals surface area contributed by atoms with Gasteiger partial charge in [-0.2, -0.15) is 0 Å².